The molecule has 1 N–H and O–H groups in total. The summed E-state index contributed by atoms with van der Waals surface area (Å²) in [4.78, 5) is 0. The lowest BCUT2D eigenvalue weighted by Gasteiger charge is -2.10. The Bertz CT molecular complexity index is 572. The Morgan fingerprint density at radius 2 is 1.95 bits per heavy atom. The van der Waals surface area contributed by atoms with E-state index in [-0.39, 0.29) is 0 Å². The number of rotatable bonds is 6. The molecule has 106 valence electrons. The molecule has 0 aliphatic rings. The molecule has 4 heteroatoms. The van der Waals surface area contributed by atoms with E-state index in [0.29, 0.717) is 17.4 Å². The van der Waals surface area contributed by atoms with Gasteiger partial charge in [-0.05, 0) is 42.4 Å². The van der Waals surface area contributed by atoms with Gasteiger partial charge in [0.15, 0.2) is 0 Å². The Kier molecular flexibility index (Phi) is 5.27. The number of methoxy groups -OCH3 is 1. The van der Waals surface area contributed by atoms with Gasteiger partial charge in [0.05, 0.1) is 12.1 Å². The van der Waals surface area contributed by atoms with Gasteiger partial charge < -0.3 is 14.8 Å². The van der Waals surface area contributed by atoms with Gasteiger partial charge in [-0.2, -0.15) is 0 Å². The van der Waals surface area contributed by atoms with Crippen molar-refractivity contribution < 1.29 is 9.47 Å². The van der Waals surface area contributed by atoms with Crippen LogP contribution in [-0.2, 0) is 13.2 Å². The minimum atomic E-state index is 0.461. The van der Waals surface area contributed by atoms with Crippen molar-refractivity contribution in [1.29, 1.82) is 0 Å². The third kappa shape index (κ3) is 3.89. The van der Waals surface area contributed by atoms with E-state index in [2.05, 4.69) is 5.32 Å². The van der Waals surface area contributed by atoms with Gasteiger partial charge in [0.25, 0.3) is 0 Å². The van der Waals surface area contributed by atoms with Gasteiger partial charge in [-0.3, -0.25) is 0 Å². The van der Waals surface area contributed by atoms with Crippen molar-refractivity contribution in [3.05, 3.63) is 58.6 Å². The second kappa shape index (κ2) is 7.17. The molecule has 0 amide bonds. The zero-order chi connectivity index (χ0) is 14.4. The predicted octanol–water partition coefficient (Wildman–Crippen LogP) is 3.65. The highest BCUT2D eigenvalue weighted by Crippen LogP contribution is 2.26. The summed E-state index contributed by atoms with van der Waals surface area (Å²) in [6.45, 7) is 1.25. The highest BCUT2D eigenvalue weighted by Gasteiger charge is 2.04. The lowest BCUT2D eigenvalue weighted by molar-refractivity contribution is 0.305. The summed E-state index contributed by atoms with van der Waals surface area (Å²) in [5, 5.41) is 3.71. The quantitative estimate of drug-likeness (QED) is 0.881. The van der Waals surface area contributed by atoms with Crippen LogP contribution in [0, 0.1) is 0 Å². The summed E-state index contributed by atoms with van der Waals surface area (Å²) >= 11 is 6.21. The summed E-state index contributed by atoms with van der Waals surface area (Å²) in [5.41, 5.74) is 2.17. The van der Waals surface area contributed by atoms with Crippen LogP contribution in [0.15, 0.2) is 42.5 Å². The van der Waals surface area contributed by atoms with Crippen molar-refractivity contribution in [3.8, 4) is 11.5 Å². The average Bonchev–Trinajstić information content (AvgIpc) is 2.47. The maximum Gasteiger partial charge on any atom is 0.138 e. The van der Waals surface area contributed by atoms with Crippen LogP contribution >= 0.6 is 11.6 Å². The zero-order valence-electron chi connectivity index (χ0n) is 11.7. The molecule has 0 unspecified atom stereocenters. The number of halogens is 1. The first-order valence-corrected chi connectivity index (χ1v) is 6.79. The Morgan fingerprint density at radius 3 is 2.65 bits per heavy atom. The predicted molar refractivity (Wildman–Crippen MR) is 81.5 cm³/mol. The molecule has 0 bridgehead atoms. The van der Waals surface area contributed by atoms with E-state index >= 15 is 0 Å². The Labute approximate surface area is 124 Å². The average molecular weight is 292 g/mol. The SMILES string of the molecule is CNCc1ccc(OCc2cccc(OC)c2)c(Cl)c1. The Balaban J connectivity index is 2.03. The second-order valence-electron chi connectivity index (χ2n) is 4.44. The third-order valence-electron chi connectivity index (χ3n) is 2.91. The number of nitrogens with one attached hydrogen (secondary N) is 1. The molecule has 0 aromatic heterocycles. The van der Waals surface area contributed by atoms with Crippen LogP contribution in [0.2, 0.25) is 5.02 Å². The summed E-state index contributed by atoms with van der Waals surface area (Å²) < 4.78 is 10.9. The lowest BCUT2D eigenvalue weighted by atomic mass is 10.2. The summed E-state index contributed by atoms with van der Waals surface area (Å²) in [5.74, 6) is 1.51. The molecule has 0 aliphatic heterocycles. The van der Waals surface area contributed by atoms with E-state index in [4.69, 9.17) is 21.1 Å². The maximum atomic E-state index is 6.21. The standard InChI is InChI=1S/C16H18ClNO2/c1-18-10-12-6-7-16(15(17)9-12)20-11-13-4-3-5-14(8-13)19-2/h3-9,18H,10-11H2,1-2H3. The molecular weight excluding hydrogens is 274 g/mol. The van der Waals surface area contributed by atoms with Gasteiger partial charge >= 0.3 is 0 Å². The monoisotopic (exact) mass is 291 g/mol. The van der Waals surface area contributed by atoms with Crippen molar-refractivity contribution in [1.82, 2.24) is 5.32 Å². The van der Waals surface area contributed by atoms with Gasteiger partial charge in [0.2, 0.25) is 0 Å². The molecule has 0 fully saturated rings. The molecule has 0 heterocycles. The molecule has 0 saturated carbocycles. The maximum absolute atomic E-state index is 6.21. The molecule has 0 spiro atoms. The van der Waals surface area contributed by atoms with Crippen molar-refractivity contribution in [2.75, 3.05) is 14.2 Å². The lowest BCUT2D eigenvalue weighted by Crippen LogP contribution is -2.05. The number of hydrogen-bond donors (Lipinski definition) is 1. The first kappa shape index (κ1) is 14.7. The first-order chi connectivity index (χ1) is 9.72. The van der Waals surface area contributed by atoms with Crippen molar-refractivity contribution in [2.24, 2.45) is 0 Å². The van der Waals surface area contributed by atoms with Gasteiger partial charge in [0.1, 0.15) is 18.1 Å². The van der Waals surface area contributed by atoms with Crippen molar-refractivity contribution in [3.63, 3.8) is 0 Å². The normalized spacial score (nSPS) is 10.3. The minimum Gasteiger partial charge on any atom is -0.497 e. The first-order valence-electron chi connectivity index (χ1n) is 6.41. The molecule has 0 radical (unpaired) electrons. The van der Waals surface area contributed by atoms with Crippen LogP contribution in [-0.4, -0.2) is 14.2 Å². The highest BCUT2D eigenvalue weighted by molar-refractivity contribution is 6.32. The van der Waals surface area contributed by atoms with Crippen LogP contribution in [0.1, 0.15) is 11.1 Å². The third-order valence-corrected chi connectivity index (χ3v) is 3.20. The van der Waals surface area contributed by atoms with Crippen LogP contribution in [0.3, 0.4) is 0 Å². The van der Waals surface area contributed by atoms with Crippen molar-refractivity contribution >= 4 is 11.6 Å². The fraction of sp³-hybridized carbons (Fsp3) is 0.250. The Hall–Kier alpha value is -1.71. The van der Waals surface area contributed by atoms with Gasteiger partial charge in [-0.1, -0.05) is 29.8 Å². The minimum absolute atomic E-state index is 0.461. The van der Waals surface area contributed by atoms with E-state index in [1.54, 1.807) is 7.11 Å². The molecule has 2 aromatic rings. The fourth-order valence-corrected chi connectivity index (χ4v) is 2.16. The molecule has 0 saturated heterocycles. The van der Waals surface area contributed by atoms with Crippen LogP contribution in [0.5, 0.6) is 11.5 Å². The van der Waals surface area contributed by atoms with Gasteiger partial charge in [-0.15, -0.1) is 0 Å². The molecule has 20 heavy (non-hydrogen) atoms. The Morgan fingerprint density at radius 1 is 1.10 bits per heavy atom. The molecular formula is C16H18ClNO2. The second-order valence-corrected chi connectivity index (χ2v) is 4.84. The zero-order valence-corrected chi connectivity index (χ0v) is 12.4. The number of ether oxygens (including phenoxy) is 2. The van der Waals surface area contributed by atoms with E-state index in [1.807, 2.05) is 49.5 Å². The highest BCUT2D eigenvalue weighted by atomic mass is 35.5. The number of benzene rings is 2. The summed E-state index contributed by atoms with van der Waals surface area (Å²) in [6, 6.07) is 13.6. The summed E-state index contributed by atoms with van der Waals surface area (Å²) in [7, 11) is 3.55. The largest absolute Gasteiger partial charge is 0.497 e. The fourth-order valence-electron chi connectivity index (χ4n) is 1.90. The molecule has 0 atom stereocenters. The van der Waals surface area contributed by atoms with Crippen LogP contribution in [0.4, 0.5) is 0 Å². The van der Waals surface area contributed by atoms with Crippen LogP contribution in [0.25, 0.3) is 0 Å². The molecule has 2 rings (SSSR count). The molecule has 0 aliphatic carbocycles. The smallest absolute Gasteiger partial charge is 0.138 e. The summed E-state index contributed by atoms with van der Waals surface area (Å²) in [6.07, 6.45) is 0. The van der Waals surface area contributed by atoms with Crippen molar-refractivity contribution in [2.45, 2.75) is 13.2 Å². The molecule has 3 nitrogen and oxygen atoms in total. The van der Waals surface area contributed by atoms with E-state index in [9.17, 15) is 0 Å². The number of hydrogen-bond acceptors (Lipinski definition) is 3. The van der Waals surface area contributed by atoms with Crippen LogP contribution < -0.4 is 14.8 Å². The van der Waals surface area contributed by atoms with Gasteiger partial charge in [0, 0.05) is 6.54 Å². The molecule has 2 aromatic carbocycles. The van der Waals surface area contributed by atoms with E-state index in [0.717, 1.165) is 23.4 Å². The van der Waals surface area contributed by atoms with Gasteiger partial charge in [-0.25, -0.2) is 0 Å². The van der Waals surface area contributed by atoms with E-state index < -0.39 is 0 Å². The topological polar surface area (TPSA) is 30.5 Å². The van der Waals surface area contributed by atoms with E-state index in [1.165, 1.54) is 0 Å².